The van der Waals surface area contributed by atoms with Crippen molar-refractivity contribution in [3.05, 3.63) is 76.1 Å². The van der Waals surface area contributed by atoms with Crippen LogP contribution in [0.2, 0.25) is 0 Å². The minimum atomic E-state index is -0.687. The van der Waals surface area contributed by atoms with Crippen molar-refractivity contribution >= 4 is 34.3 Å². The van der Waals surface area contributed by atoms with Gasteiger partial charge in [-0.15, -0.1) is 6.42 Å². The van der Waals surface area contributed by atoms with Gasteiger partial charge in [-0.05, 0) is 30.3 Å². The second-order valence-corrected chi connectivity index (χ2v) is 6.31. The molecule has 3 amide bonds. The van der Waals surface area contributed by atoms with Crippen molar-refractivity contribution < 1.29 is 14.4 Å². The molecule has 0 aliphatic heterocycles. The van der Waals surface area contributed by atoms with Gasteiger partial charge in [-0.25, -0.2) is 0 Å². The average Bonchev–Trinajstić information content (AvgIpc) is 2.76. The van der Waals surface area contributed by atoms with Crippen molar-refractivity contribution in [1.82, 2.24) is 15.6 Å². The Morgan fingerprint density at radius 2 is 1.73 bits per heavy atom. The number of fused-ring (bicyclic) bond motifs is 1. The first kappa shape index (κ1) is 20.4. The number of para-hydroxylation sites is 1. The number of rotatable bonds is 6. The van der Waals surface area contributed by atoms with E-state index in [0.29, 0.717) is 22.2 Å². The molecule has 4 N–H and O–H groups in total. The molecule has 3 rings (SSSR count). The van der Waals surface area contributed by atoms with E-state index < -0.39 is 23.2 Å². The van der Waals surface area contributed by atoms with E-state index in [1.54, 1.807) is 48.5 Å². The fourth-order valence-electron chi connectivity index (χ4n) is 2.73. The Kier molecular flexibility index (Phi) is 6.25. The summed E-state index contributed by atoms with van der Waals surface area (Å²) < 4.78 is 0. The summed E-state index contributed by atoms with van der Waals surface area (Å²) in [5, 5.41) is 7.74. The Morgan fingerprint density at radius 3 is 2.53 bits per heavy atom. The van der Waals surface area contributed by atoms with Crippen molar-refractivity contribution in [2.75, 3.05) is 18.4 Å². The molecule has 2 aromatic carbocycles. The number of amides is 3. The van der Waals surface area contributed by atoms with Gasteiger partial charge in [0.05, 0.1) is 13.1 Å². The first-order valence-electron chi connectivity index (χ1n) is 9.00. The van der Waals surface area contributed by atoms with E-state index in [1.807, 2.05) is 0 Å². The van der Waals surface area contributed by atoms with Crippen LogP contribution < -0.4 is 21.4 Å². The van der Waals surface area contributed by atoms with E-state index in [2.05, 4.69) is 26.9 Å². The predicted octanol–water partition coefficient (Wildman–Crippen LogP) is 0.994. The minimum Gasteiger partial charge on any atom is -0.360 e. The lowest BCUT2D eigenvalue weighted by Crippen LogP contribution is -2.41. The van der Waals surface area contributed by atoms with Crippen LogP contribution >= 0.6 is 0 Å². The summed E-state index contributed by atoms with van der Waals surface area (Å²) in [5.41, 5.74) is 1.19. The summed E-state index contributed by atoms with van der Waals surface area (Å²) in [6, 6.07) is 13.5. The van der Waals surface area contributed by atoms with Gasteiger partial charge in [-0.3, -0.25) is 19.2 Å². The first-order chi connectivity index (χ1) is 14.5. The summed E-state index contributed by atoms with van der Waals surface area (Å²) in [6.45, 7) is -0.670. The van der Waals surface area contributed by atoms with Gasteiger partial charge in [0, 0.05) is 28.4 Å². The van der Waals surface area contributed by atoms with Crippen LogP contribution in [0.3, 0.4) is 0 Å². The summed E-state index contributed by atoms with van der Waals surface area (Å²) in [7, 11) is 0. The molecule has 0 bridgehead atoms. The first-order valence-corrected chi connectivity index (χ1v) is 9.00. The Morgan fingerprint density at radius 1 is 0.967 bits per heavy atom. The lowest BCUT2D eigenvalue weighted by atomic mass is 10.1. The van der Waals surface area contributed by atoms with E-state index in [0.717, 1.165) is 0 Å². The Bertz CT molecular complexity index is 1220. The monoisotopic (exact) mass is 402 g/mol. The number of benzene rings is 2. The quantitative estimate of drug-likeness (QED) is 0.460. The molecule has 0 fully saturated rings. The fourth-order valence-corrected chi connectivity index (χ4v) is 2.73. The van der Waals surface area contributed by atoms with Crippen LogP contribution in [-0.2, 0) is 9.59 Å². The van der Waals surface area contributed by atoms with Gasteiger partial charge in [-0.1, -0.05) is 24.1 Å². The van der Waals surface area contributed by atoms with E-state index in [4.69, 9.17) is 6.42 Å². The molecule has 0 spiro atoms. The molecule has 150 valence electrons. The normalized spacial score (nSPS) is 10.1. The number of aromatic amines is 1. The van der Waals surface area contributed by atoms with Gasteiger partial charge in [0.2, 0.25) is 17.2 Å². The predicted molar refractivity (Wildman–Crippen MR) is 113 cm³/mol. The number of aromatic nitrogens is 1. The zero-order valence-corrected chi connectivity index (χ0v) is 15.8. The molecular weight excluding hydrogens is 384 g/mol. The molecule has 0 radical (unpaired) electrons. The number of terminal acetylenes is 1. The van der Waals surface area contributed by atoms with Crippen LogP contribution in [0.5, 0.6) is 0 Å². The zero-order valence-electron chi connectivity index (χ0n) is 15.8. The molecule has 30 heavy (non-hydrogen) atoms. The lowest BCUT2D eigenvalue weighted by Gasteiger charge is -2.08. The van der Waals surface area contributed by atoms with Gasteiger partial charge >= 0.3 is 0 Å². The Labute approximate surface area is 171 Å². The highest BCUT2D eigenvalue weighted by atomic mass is 16.2. The van der Waals surface area contributed by atoms with Crippen molar-refractivity contribution in [2.24, 2.45) is 0 Å². The maximum atomic E-state index is 12.4. The van der Waals surface area contributed by atoms with Crippen molar-refractivity contribution in [1.29, 1.82) is 0 Å². The molecular formula is C22H18N4O4. The molecule has 3 aromatic rings. The van der Waals surface area contributed by atoms with Crippen LogP contribution in [0.1, 0.15) is 15.9 Å². The number of hydrogen-bond donors (Lipinski definition) is 4. The second kappa shape index (κ2) is 9.21. The molecule has 1 aromatic heterocycles. The van der Waals surface area contributed by atoms with Gasteiger partial charge in [0.25, 0.3) is 5.91 Å². The van der Waals surface area contributed by atoms with E-state index in [1.165, 1.54) is 6.20 Å². The third kappa shape index (κ3) is 4.91. The van der Waals surface area contributed by atoms with Crippen molar-refractivity contribution in [3.8, 4) is 12.3 Å². The van der Waals surface area contributed by atoms with Crippen molar-refractivity contribution in [2.45, 2.75) is 0 Å². The number of H-pyrrole nitrogens is 1. The highest BCUT2D eigenvalue weighted by molar-refractivity contribution is 5.99. The molecule has 0 saturated carbocycles. The Balaban J connectivity index is 1.50. The molecule has 1 heterocycles. The molecule has 8 heteroatoms. The van der Waals surface area contributed by atoms with Crippen LogP contribution in [0.25, 0.3) is 10.9 Å². The van der Waals surface area contributed by atoms with Crippen LogP contribution in [0, 0.1) is 12.3 Å². The molecule has 0 aliphatic carbocycles. The summed E-state index contributed by atoms with van der Waals surface area (Å²) >= 11 is 0. The number of anilines is 1. The largest absolute Gasteiger partial charge is 0.360 e. The van der Waals surface area contributed by atoms with Gasteiger partial charge in [0.1, 0.15) is 5.56 Å². The fraction of sp³-hybridized carbons (Fsp3) is 0.0909. The number of nitrogens with one attached hydrogen (secondary N) is 4. The highest BCUT2D eigenvalue weighted by Gasteiger charge is 2.14. The summed E-state index contributed by atoms with van der Waals surface area (Å²) in [4.78, 5) is 51.4. The third-order valence-corrected chi connectivity index (χ3v) is 4.20. The second-order valence-electron chi connectivity index (χ2n) is 6.31. The van der Waals surface area contributed by atoms with E-state index in [9.17, 15) is 19.2 Å². The van der Waals surface area contributed by atoms with E-state index in [-0.39, 0.29) is 18.7 Å². The standard InChI is InChI=1S/C22H18N4O4/c1-2-14-6-5-7-15(10-14)26-20(28)13-24-19(27)12-25-22(30)17-11-23-18-9-4-3-8-16(18)21(17)29/h1,3-11H,12-13H2,(H,23,29)(H,24,27)(H,25,30)(H,26,28). The van der Waals surface area contributed by atoms with Crippen LogP contribution in [0.15, 0.2) is 59.5 Å². The van der Waals surface area contributed by atoms with Gasteiger partial charge < -0.3 is 20.9 Å². The topological polar surface area (TPSA) is 120 Å². The molecule has 8 nitrogen and oxygen atoms in total. The molecule has 0 unspecified atom stereocenters. The van der Waals surface area contributed by atoms with Gasteiger partial charge in [0.15, 0.2) is 0 Å². The zero-order chi connectivity index (χ0) is 21.5. The van der Waals surface area contributed by atoms with Gasteiger partial charge in [-0.2, -0.15) is 0 Å². The summed E-state index contributed by atoms with van der Waals surface area (Å²) in [6.07, 6.45) is 6.61. The summed E-state index contributed by atoms with van der Waals surface area (Å²) in [5.74, 6) is 0.747. The lowest BCUT2D eigenvalue weighted by molar-refractivity contribution is -0.123. The third-order valence-electron chi connectivity index (χ3n) is 4.20. The number of carbonyl (C=O) groups excluding carboxylic acids is 3. The minimum absolute atomic E-state index is 0.104. The number of carbonyl (C=O) groups is 3. The van der Waals surface area contributed by atoms with Crippen molar-refractivity contribution in [3.63, 3.8) is 0 Å². The van der Waals surface area contributed by atoms with Crippen LogP contribution in [0.4, 0.5) is 5.69 Å². The number of pyridine rings is 1. The molecule has 0 saturated heterocycles. The highest BCUT2D eigenvalue weighted by Crippen LogP contribution is 2.09. The number of hydrogen-bond acceptors (Lipinski definition) is 4. The van der Waals surface area contributed by atoms with E-state index >= 15 is 0 Å². The maximum absolute atomic E-state index is 12.4. The smallest absolute Gasteiger partial charge is 0.257 e. The van der Waals surface area contributed by atoms with Crippen LogP contribution in [-0.4, -0.2) is 35.8 Å². The molecule has 0 aliphatic rings. The average molecular weight is 402 g/mol. The maximum Gasteiger partial charge on any atom is 0.257 e. The Hall–Kier alpha value is -4.38. The SMILES string of the molecule is C#Cc1cccc(NC(=O)CNC(=O)CNC(=O)c2c[nH]c3ccccc3c2=O)c1. The molecule has 0 atom stereocenters.